The molecule has 0 saturated carbocycles. The van der Waals surface area contributed by atoms with Crippen LogP contribution in [0.4, 0.5) is 0 Å². The van der Waals surface area contributed by atoms with Crippen molar-refractivity contribution < 1.29 is 22.0 Å². The second kappa shape index (κ2) is 6.23. The average Bonchev–Trinajstić information content (AvgIpc) is 2.16. The van der Waals surface area contributed by atoms with Crippen LogP contribution in [0.15, 0.2) is 24.4 Å². The fourth-order valence-electron chi connectivity index (χ4n) is 1.70. The predicted molar refractivity (Wildman–Crippen MR) is 54.9 cm³/mol. The van der Waals surface area contributed by atoms with Gasteiger partial charge in [0.05, 0.1) is 12.7 Å². The van der Waals surface area contributed by atoms with Gasteiger partial charge in [0.2, 0.25) is 0 Å². The lowest BCUT2D eigenvalue weighted by atomic mass is 10.2. The Labute approximate surface area is 92.9 Å². The van der Waals surface area contributed by atoms with Crippen molar-refractivity contribution in [2.45, 2.75) is 32.9 Å². The highest BCUT2D eigenvalue weighted by Gasteiger charge is 2.29. The second-order valence-corrected chi connectivity index (χ2v) is 3.76. The van der Waals surface area contributed by atoms with Crippen LogP contribution in [0.5, 0.6) is 0 Å². The average molecular weight is 218 g/mol. The van der Waals surface area contributed by atoms with Gasteiger partial charge in [0.1, 0.15) is 6.54 Å². The van der Waals surface area contributed by atoms with Crippen LogP contribution in [-0.4, -0.2) is 28.9 Å². The SMILES string of the molecule is CCCC[N+]1(C(C)O)C=CC=CC1.[Cl-]. The molecule has 0 bridgehead atoms. The van der Waals surface area contributed by atoms with Gasteiger partial charge in [-0.2, -0.15) is 0 Å². The van der Waals surface area contributed by atoms with Crippen LogP contribution in [-0.2, 0) is 0 Å². The van der Waals surface area contributed by atoms with Crippen LogP contribution >= 0.6 is 0 Å². The first-order chi connectivity index (χ1) is 6.21. The third-order valence-corrected chi connectivity index (χ3v) is 2.75. The van der Waals surface area contributed by atoms with Crippen molar-refractivity contribution in [3.63, 3.8) is 0 Å². The quantitative estimate of drug-likeness (QED) is 0.601. The third kappa shape index (κ3) is 3.12. The summed E-state index contributed by atoms with van der Waals surface area (Å²) in [6, 6.07) is 0. The van der Waals surface area contributed by atoms with E-state index in [1.807, 2.05) is 19.1 Å². The summed E-state index contributed by atoms with van der Waals surface area (Å²) in [7, 11) is 0. The number of unbranched alkanes of at least 4 members (excludes halogenated alkanes) is 1. The minimum Gasteiger partial charge on any atom is -1.00 e. The summed E-state index contributed by atoms with van der Waals surface area (Å²) < 4.78 is 0.699. The van der Waals surface area contributed by atoms with Crippen molar-refractivity contribution in [1.29, 1.82) is 0 Å². The number of aliphatic hydroxyl groups excluding tert-OH is 1. The van der Waals surface area contributed by atoms with E-state index in [2.05, 4.69) is 19.2 Å². The van der Waals surface area contributed by atoms with Crippen molar-refractivity contribution in [2.24, 2.45) is 0 Å². The number of quaternary nitrogens is 1. The Bertz CT molecular complexity index is 213. The van der Waals surface area contributed by atoms with Gasteiger partial charge in [0.25, 0.3) is 0 Å². The van der Waals surface area contributed by atoms with Gasteiger partial charge in [-0.15, -0.1) is 0 Å². The van der Waals surface area contributed by atoms with Crippen LogP contribution in [0.3, 0.4) is 0 Å². The van der Waals surface area contributed by atoms with E-state index in [-0.39, 0.29) is 18.6 Å². The van der Waals surface area contributed by atoms with Gasteiger partial charge < -0.3 is 17.5 Å². The van der Waals surface area contributed by atoms with E-state index in [1.165, 1.54) is 12.8 Å². The molecule has 0 radical (unpaired) electrons. The Kier molecular flexibility index (Phi) is 6.09. The predicted octanol–water partition coefficient (Wildman–Crippen LogP) is -0.971. The summed E-state index contributed by atoms with van der Waals surface area (Å²) in [5.74, 6) is 0. The Morgan fingerprint density at radius 2 is 2.14 bits per heavy atom. The number of allylic oxidation sites excluding steroid dienone is 2. The number of rotatable bonds is 4. The maximum Gasteiger partial charge on any atom is 0.192 e. The van der Waals surface area contributed by atoms with Crippen molar-refractivity contribution in [3.8, 4) is 0 Å². The molecular formula is C11H20ClNO. The molecule has 1 aliphatic rings. The lowest BCUT2D eigenvalue weighted by Gasteiger charge is -2.37. The lowest BCUT2D eigenvalue weighted by Crippen LogP contribution is -3.00. The number of hydrogen-bond acceptors (Lipinski definition) is 1. The highest BCUT2D eigenvalue weighted by atomic mass is 35.5. The van der Waals surface area contributed by atoms with Crippen molar-refractivity contribution >= 4 is 0 Å². The second-order valence-electron chi connectivity index (χ2n) is 3.76. The van der Waals surface area contributed by atoms with Crippen molar-refractivity contribution in [3.05, 3.63) is 24.4 Å². The van der Waals surface area contributed by atoms with Crippen LogP contribution in [0.25, 0.3) is 0 Å². The van der Waals surface area contributed by atoms with Gasteiger partial charge in [-0.05, 0) is 18.6 Å². The van der Waals surface area contributed by atoms with E-state index in [0.717, 1.165) is 13.1 Å². The fourth-order valence-corrected chi connectivity index (χ4v) is 1.70. The summed E-state index contributed by atoms with van der Waals surface area (Å²) in [4.78, 5) is 0. The molecular weight excluding hydrogens is 198 g/mol. The van der Waals surface area contributed by atoms with Gasteiger partial charge in [-0.3, -0.25) is 4.48 Å². The summed E-state index contributed by atoms with van der Waals surface area (Å²) >= 11 is 0. The Morgan fingerprint density at radius 3 is 2.57 bits per heavy atom. The fraction of sp³-hybridized carbons (Fsp3) is 0.636. The molecule has 3 heteroatoms. The largest absolute Gasteiger partial charge is 1.00 e. The van der Waals surface area contributed by atoms with E-state index in [1.54, 1.807) is 0 Å². The monoisotopic (exact) mass is 217 g/mol. The first-order valence-electron chi connectivity index (χ1n) is 5.10. The maximum absolute atomic E-state index is 9.74. The molecule has 2 nitrogen and oxygen atoms in total. The van der Waals surface area contributed by atoms with Gasteiger partial charge in [-0.25, -0.2) is 0 Å². The molecule has 0 aromatic rings. The maximum atomic E-state index is 9.74. The van der Waals surface area contributed by atoms with Crippen LogP contribution in [0, 0.1) is 0 Å². The zero-order valence-corrected chi connectivity index (χ0v) is 9.74. The molecule has 0 aromatic heterocycles. The highest BCUT2D eigenvalue weighted by molar-refractivity contribution is 5.04. The van der Waals surface area contributed by atoms with E-state index < -0.39 is 0 Å². The highest BCUT2D eigenvalue weighted by Crippen LogP contribution is 2.18. The molecule has 1 heterocycles. The number of hydrogen-bond donors (Lipinski definition) is 1. The molecule has 82 valence electrons. The third-order valence-electron chi connectivity index (χ3n) is 2.75. The molecule has 0 fully saturated rings. The van der Waals surface area contributed by atoms with Crippen LogP contribution in [0.1, 0.15) is 26.7 Å². The first kappa shape index (κ1) is 13.7. The summed E-state index contributed by atoms with van der Waals surface area (Å²) in [6.07, 6.45) is 10.4. The molecule has 1 aliphatic heterocycles. The van der Waals surface area contributed by atoms with Gasteiger partial charge in [0.15, 0.2) is 6.23 Å². The lowest BCUT2D eigenvalue weighted by molar-refractivity contribution is -0.919. The number of nitrogens with zero attached hydrogens (tertiary/aromatic N) is 1. The van der Waals surface area contributed by atoms with Gasteiger partial charge in [-0.1, -0.05) is 19.4 Å². The van der Waals surface area contributed by atoms with Crippen LogP contribution in [0.2, 0.25) is 0 Å². The first-order valence-corrected chi connectivity index (χ1v) is 5.10. The molecule has 2 atom stereocenters. The topological polar surface area (TPSA) is 20.2 Å². The molecule has 1 N–H and O–H groups in total. The smallest absolute Gasteiger partial charge is 0.192 e. The molecule has 0 amide bonds. The molecule has 2 unspecified atom stereocenters. The molecule has 0 aromatic carbocycles. The van der Waals surface area contributed by atoms with Crippen LogP contribution < -0.4 is 12.4 Å². The Balaban J connectivity index is 0.00000169. The summed E-state index contributed by atoms with van der Waals surface area (Å²) in [6.45, 7) is 6.02. The zero-order chi connectivity index (χ0) is 9.73. The number of halogens is 1. The van der Waals surface area contributed by atoms with E-state index in [4.69, 9.17) is 0 Å². The van der Waals surface area contributed by atoms with Crippen molar-refractivity contribution in [2.75, 3.05) is 13.1 Å². The van der Waals surface area contributed by atoms with E-state index in [9.17, 15) is 5.11 Å². The Morgan fingerprint density at radius 1 is 1.43 bits per heavy atom. The minimum absolute atomic E-state index is 0. The zero-order valence-electron chi connectivity index (χ0n) is 8.99. The van der Waals surface area contributed by atoms with E-state index in [0.29, 0.717) is 4.48 Å². The minimum atomic E-state index is -0.298. The summed E-state index contributed by atoms with van der Waals surface area (Å²) in [5.41, 5.74) is 0. The molecule has 0 spiro atoms. The van der Waals surface area contributed by atoms with E-state index >= 15 is 0 Å². The Hall–Kier alpha value is -0.310. The number of aliphatic hydroxyl groups is 1. The molecule has 14 heavy (non-hydrogen) atoms. The molecule has 1 rings (SSSR count). The van der Waals surface area contributed by atoms with Crippen molar-refractivity contribution in [1.82, 2.24) is 0 Å². The normalized spacial score (nSPS) is 27.1. The van der Waals surface area contributed by atoms with Gasteiger partial charge >= 0.3 is 0 Å². The van der Waals surface area contributed by atoms with Gasteiger partial charge in [0, 0.05) is 6.92 Å². The summed E-state index contributed by atoms with van der Waals surface area (Å²) in [5, 5.41) is 9.74. The molecule has 0 aliphatic carbocycles. The standard InChI is InChI=1S/C11H20NO.ClH/c1-3-4-8-12(11(2)13)9-6-5-7-10-12;/h5-7,9,11,13H,3-4,8,10H2,1-2H3;1H/q+1;/p-1. The molecule has 0 saturated heterocycles.